The first kappa shape index (κ1) is 13.3. The molecule has 1 aliphatic heterocycles. The molecule has 0 spiro atoms. The summed E-state index contributed by atoms with van der Waals surface area (Å²) in [4.78, 5) is 0. The molecule has 3 heteroatoms. The van der Waals surface area contributed by atoms with E-state index in [1.165, 1.54) is 25.8 Å². The molecular weight excluding hydrogens is 212 g/mol. The molecule has 2 fully saturated rings. The summed E-state index contributed by atoms with van der Waals surface area (Å²) in [6.07, 6.45) is 5.44. The quantitative estimate of drug-likeness (QED) is 0.770. The molecule has 1 heterocycles. The Balaban J connectivity index is 1.83. The van der Waals surface area contributed by atoms with E-state index >= 15 is 0 Å². The maximum atomic E-state index is 5.50. The fourth-order valence-electron chi connectivity index (χ4n) is 3.40. The van der Waals surface area contributed by atoms with Gasteiger partial charge in [0.25, 0.3) is 0 Å². The third kappa shape index (κ3) is 2.38. The topological polar surface area (TPSA) is 33.3 Å². The highest BCUT2D eigenvalue weighted by atomic mass is 16.5. The first-order chi connectivity index (χ1) is 8.04. The van der Waals surface area contributed by atoms with Gasteiger partial charge in [0.05, 0.1) is 6.10 Å². The van der Waals surface area contributed by atoms with Crippen LogP contribution in [-0.4, -0.2) is 37.9 Å². The van der Waals surface area contributed by atoms with Crippen LogP contribution in [-0.2, 0) is 4.74 Å². The molecule has 1 saturated heterocycles. The zero-order valence-electron chi connectivity index (χ0n) is 11.8. The fraction of sp³-hybridized carbons (Fsp3) is 1.00. The van der Waals surface area contributed by atoms with Crippen LogP contribution in [0, 0.1) is 5.41 Å². The first-order valence-corrected chi connectivity index (χ1v) is 7.05. The van der Waals surface area contributed by atoms with Crippen molar-refractivity contribution in [2.24, 2.45) is 5.41 Å². The van der Waals surface area contributed by atoms with Crippen molar-refractivity contribution in [1.82, 2.24) is 10.6 Å². The Kier molecular flexibility index (Phi) is 3.81. The van der Waals surface area contributed by atoms with Gasteiger partial charge in [0.2, 0.25) is 0 Å². The first-order valence-electron chi connectivity index (χ1n) is 7.05. The smallest absolute Gasteiger partial charge is 0.0652 e. The van der Waals surface area contributed by atoms with Gasteiger partial charge in [-0.3, -0.25) is 0 Å². The maximum Gasteiger partial charge on any atom is 0.0652 e. The van der Waals surface area contributed by atoms with Gasteiger partial charge in [-0.2, -0.15) is 0 Å². The Bertz CT molecular complexity index is 259. The number of hydrogen-bond donors (Lipinski definition) is 2. The monoisotopic (exact) mass is 240 g/mol. The van der Waals surface area contributed by atoms with Gasteiger partial charge >= 0.3 is 0 Å². The lowest BCUT2D eigenvalue weighted by molar-refractivity contribution is -0.0985. The third-order valence-corrected chi connectivity index (χ3v) is 5.16. The predicted octanol–water partition coefficient (Wildman–Crippen LogP) is 1.92. The molecule has 1 aliphatic carbocycles. The number of rotatable bonds is 5. The van der Waals surface area contributed by atoms with Crippen molar-refractivity contribution in [2.75, 3.05) is 20.2 Å². The highest BCUT2D eigenvalue weighted by molar-refractivity contribution is 5.04. The zero-order chi connectivity index (χ0) is 12.5. The summed E-state index contributed by atoms with van der Waals surface area (Å²) in [5.74, 6) is 0. The lowest BCUT2D eigenvalue weighted by Crippen LogP contribution is -2.63. The van der Waals surface area contributed by atoms with E-state index in [2.05, 4.69) is 31.4 Å². The van der Waals surface area contributed by atoms with Gasteiger partial charge in [-0.25, -0.2) is 0 Å². The summed E-state index contributed by atoms with van der Waals surface area (Å²) >= 11 is 0. The Hall–Kier alpha value is -0.120. The Morgan fingerprint density at radius 3 is 2.65 bits per heavy atom. The fourth-order valence-corrected chi connectivity index (χ4v) is 3.40. The largest absolute Gasteiger partial charge is 0.381 e. The molecule has 100 valence electrons. The average Bonchev–Trinajstić information content (AvgIpc) is 2.77. The van der Waals surface area contributed by atoms with E-state index in [0.717, 1.165) is 13.0 Å². The molecular formula is C14H28N2O. The summed E-state index contributed by atoms with van der Waals surface area (Å²) in [5.41, 5.74) is 0.635. The number of nitrogens with one attached hydrogen (secondary N) is 2. The highest BCUT2D eigenvalue weighted by Crippen LogP contribution is 2.42. The molecule has 2 rings (SSSR count). The summed E-state index contributed by atoms with van der Waals surface area (Å²) < 4.78 is 5.50. The minimum Gasteiger partial charge on any atom is -0.381 e. The Morgan fingerprint density at radius 2 is 2.18 bits per heavy atom. The molecule has 0 aromatic heterocycles. The van der Waals surface area contributed by atoms with E-state index in [9.17, 15) is 0 Å². The molecule has 3 unspecified atom stereocenters. The van der Waals surface area contributed by atoms with E-state index in [-0.39, 0.29) is 5.41 Å². The van der Waals surface area contributed by atoms with Crippen LogP contribution >= 0.6 is 0 Å². The molecule has 3 atom stereocenters. The third-order valence-electron chi connectivity index (χ3n) is 5.16. The van der Waals surface area contributed by atoms with E-state index in [4.69, 9.17) is 4.74 Å². The van der Waals surface area contributed by atoms with Crippen molar-refractivity contribution in [1.29, 1.82) is 0 Å². The highest BCUT2D eigenvalue weighted by Gasteiger charge is 2.49. The van der Waals surface area contributed by atoms with Crippen molar-refractivity contribution >= 4 is 0 Å². The molecule has 2 aliphatic rings. The van der Waals surface area contributed by atoms with Gasteiger partial charge in [-0.1, -0.05) is 20.8 Å². The summed E-state index contributed by atoms with van der Waals surface area (Å²) in [6.45, 7) is 9.20. The minimum atomic E-state index is 0.280. The van der Waals surface area contributed by atoms with E-state index < -0.39 is 0 Å². The van der Waals surface area contributed by atoms with Crippen LogP contribution in [0.15, 0.2) is 0 Å². The standard InChI is InChI=1S/C14H28N2O/c1-5-14(7-6-8-16-14)10-15-11-9-12(17-4)13(11,2)3/h11-12,15-16H,5-10H2,1-4H3. The average molecular weight is 240 g/mol. The van der Waals surface area contributed by atoms with Gasteiger partial charge in [0.15, 0.2) is 0 Å². The van der Waals surface area contributed by atoms with Crippen molar-refractivity contribution < 1.29 is 4.74 Å². The molecule has 2 N–H and O–H groups in total. The number of hydrogen-bond acceptors (Lipinski definition) is 3. The lowest BCUT2D eigenvalue weighted by Gasteiger charge is -2.52. The van der Waals surface area contributed by atoms with E-state index in [0.29, 0.717) is 17.7 Å². The zero-order valence-corrected chi connectivity index (χ0v) is 11.8. The van der Waals surface area contributed by atoms with Crippen LogP contribution in [0.4, 0.5) is 0 Å². The summed E-state index contributed by atoms with van der Waals surface area (Å²) in [6, 6.07) is 0.610. The van der Waals surface area contributed by atoms with Gasteiger partial charge in [0.1, 0.15) is 0 Å². The lowest BCUT2D eigenvalue weighted by atomic mass is 9.64. The second kappa shape index (κ2) is 4.87. The predicted molar refractivity (Wildman–Crippen MR) is 71.2 cm³/mol. The van der Waals surface area contributed by atoms with Gasteiger partial charge in [0, 0.05) is 30.7 Å². The molecule has 0 amide bonds. The van der Waals surface area contributed by atoms with Crippen LogP contribution in [0.1, 0.15) is 46.5 Å². The molecule has 0 aromatic carbocycles. The van der Waals surface area contributed by atoms with E-state index in [1.807, 2.05) is 7.11 Å². The van der Waals surface area contributed by atoms with Gasteiger partial charge in [-0.15, -0.1) is 0 Å². The molecule has 0 radical (unpaired) electrons. The normalized spacial score (nSPS) is 40.2. The molecule has 0 bridgehead atoms. The van der Waals surface area contributed by atoms with Crippen molar-refractivity contribution in [3.05, 3.63) is 0 Å². The van der Waals surface area contributed by atoms with Crippen molar-refractivity contribution in [2.45, 2.75) is 64.1 Å². The molecule has 3 nitrogen and oxygen atoms in total. The summed E-state index contributed by atoms with van der Waals surface area (Å²) in [5, 5.41) is 7.45. The number of methoxy groups -OCH3 is 1. The SMILES string of the molecule is CCC1(CNC2CC(OC)C2(C)C)CCCN1. The number of ether oxygens (including phenoxy) is 1. The molecule has 17 heavy (non-hydrogen) atoms. The van der Waals surface area contributed by atoms with Crippen molar-refractivity contribution in [3.8, 4) is 0 Å². The van der Waals surface area contributed by atoms with E-state index in [1.54, 1.807) is 0 Å². The van der Waals surface area contributed by atoms with Crippen LogP contribution < -0.4 is 10.6 Å². The van der Waals surface area contributed by atoms with Crippen LogP contribution in [0.5, 0.6) is 0 Å². The van der Waals surface area contributed by atoms with Crippen LogP contribution in [0.3, 0.4) is 0 Å². The summed E-state index contributed by atoms with van der Waals surface area (Å²) in [7, 11) is 1.83. The van der Waals surface area contributed by atoms with Crippen LogP contribution in [0.2, 0.25) is 0 Å². The Morgan fingerprint density at radius 1 is 1.41 bits per heavy atom. The minimum absolute atomic E-state index is 0.280. The maximum absolute atomic E-state index is 5.50. The van der Waals surface area contributed by atoms with Gasteiger partial charge < -0.3 is 15.4 Å². The van der Waals surface area contributed by atoms with Crippen molar-refractivity contribution in [3.63, 3.8) is 0 Å². The van der Waals surface area contributed by atoms with Crippen LogP contribution in [0.25, 0.3) is 0 Å². The Labute approximate surface area is 106 Å². The second-order valence-corrected chi connectivity index (χ2v) is 6.38. The second-order valence-electron chi connectivity index (χ2n) is 6.38. The van der Waals surface area contributed by atoms with Gasteiger partial charge in [-0.05, 0) is 32.2 Å². The molecule has 0 aromatic rings. The molecule has 1 saturated carbocycles.